The monoisotopic (exact) mass is 759 g/mol. The van der Waals surface area contributed by atoms with Crippen LogP contribution in [-0.4, -0.2) is 54.2 Å². The number of fused-ring (bicyclic) bond motifs is 5. The third-order valence-corrected chi connectivity index (χ3v) is 16.4. The van der Waals surface area contributed by atoms with E-state index in [0.717, 1.165) is 38.5 Å². The van der Waals surface area contributed by atoms with Crippen LogP contribution < -0.4 is 0 Å². The molecule has 0 unspecified atom stereocenters. The Labute approximate surface area is 312 Å². The summed E-state index contributed by atoms with van der Waals surface area (Å²) in [6.45, 7) is 28.5. The second-order valence-electron chi connectivity index (χ2n) is 20.2. The lowest BCUT2D eigenvalue weighted by Gasteiger charge is -2.66. The number of nitro benzene ring substituents is 1. The summed E-state index contributed by atoms with van der Waals surface area (Å²) in [5.74, 6) is 2.67. The van der Waals surface area contributed by atoms with E-state index in [1.807, 2.05) is 0 Å². The molecule has 0 bridgehead atoms. The number of rotatable bonds is 13. The molecule has 4 fully saturated rings. The van der Waals surface area contributed by atoms with Crippen LogP contribution in [0.5, 0.6) is 0 Å². The van der Waals surface area contributed by atoms with Crippen LogP contribution in [0.15, 0.2) is 24.3 Å². The molecule has 11 atom stereocenters. The molecule has 5 rings (SSSR count). The Kier molecular flexibility index (Phi) is 12.0. The fourth-order valence-electron chi connectivity index (χ4n) is 11.4. The molecule has 0 radical (unpaired) electrons. The zero-order valence-electron chi connectivity index (χ0n) is 33.9. The van der Waals surface area contributed by atoms with Gasteiger partial charge in [0.2, 0.25) is 0 Å². The topological polar surface area (TPSA) is 97.1 Å². The van der Waals surface area contributed by atoms with E-state index in [1.165, 1.54) is 18.9 Å². The van der Waals surface area contributed by atoms with Gasteiger partial charge in [-0.1, -0.05) is 32.9 Å². The SMILES string of the molecule is C[C@H](CCC(=O)OCc1ccccc1[N+](=O)[O-])[C@H]1CC[C@H]2[C@@H]3[C@H](O[Si](C)(C)C)C[C@@H]4C[C@H](O[Si](C)(C)C)CC[C@]4(C)[C@H]3C[C@H](O[Si](C)(C)C)[C@]12C. The number of nitrogens with zero attached hydrogens (tertiary/aromatic N) is 1. The molecule has 0 saturated heterocycles. The smallest absolute Gasteiger partial charge is 0.306 e. The first-order chi connectivity index (χ1) is 23.5. The lowest BCUT2D eigenvalue weighted by molar-refractivity contribution is -0.385. The van der Waals surface area contributed by atoms with Crippen molar-refractivity contribution in [3.8, 4) is 0 Å². The Morgan fingerprint density at radius 2 is 1.53 bits per heavy atom. The van der Waals surface area contributed by atoms with Gasteiger partial charge in [0.25, 0.3) is 5.69 Å². The van der Waals surface area contributed by atoms with Crippen LogP contribution in [0.1, 0.15) is 84.1 Å². The molecule has 0 aromatic heterocycles. The number of nitro groups is 1. The van der Waals surface area contributed by atoms with Gasteiger partial charge in [-0.15, -0.1) is 0 Å². The van der Waals surface area contributed by atoms with E-state index in [0.29, 0.717) is 53.6 Å². The van der Waals surface area contributed by atoms with E-state index in [-0.39, 0.29) is 41.3 Å². The summed E-state index contributed by atoms with van der Waals surface area (Å²) in [5, 5.41) is 11.5. The number of ether oxygens (including phenoxy) is 1. The fourth-order valence-corrected chi connectivity index (χ4v) is 15.0. The van der Waals surface area contributed by atoms with Crippen LogP contribution in [0.25, 0.3) is 0 Å². The number of benzene rings is 1. The van der Waals surface area contributed by atoms with E-state index >= 15 is 0 Å². The largest absolute Gasteiger partial charge is 0.461 e. The quantitative estimate of drug-likeness (QED) is 0.0855. The molecule has 0 aliphatic heterocycles. The lowest BCUT2D eigenvalue weighted by Crippen LogP contribution is -2.64. The average Bonchev–Trinajstić information content (AvgIpc) is 3.36. The van der Waals surface area contributed by atoms with Gasteiger partial charge in [-0.3, -0.25) is 14.9 Å². The number of esters is 1. The van der Waals surface area contributed by atoms with Crippen molar-refractivity contribution in [1.82, 2.24) is 0 Å². The maximum Gasteiger partial charge on any atom is 0.306 e. The Morgan fingerprint density at radius 3 is 2.16 bits per heavy atom. The predicted molar refractivity (Wildman–Crippen MR) is 212 cm³/mol. The number of carbonyl (C=O) groups excluding carboxylic acids is 1. The van der Waals surface area contributed by atoms with Crippen LogP contribution >= 0.6 is 0 Å². The first-order valence-electron chi connectivity index (χ1n) is 19.9. The first-order valence-corrected chi connectivity index (χ1v) is 30.2. The Bertz CT molecular complexity index is 1410. The molecule has 8 nitrogen and oxygen atoms in total. The van der Waals surface area contributed by atoms with Crippen LogP contribution in [0, 0.1) is 56.5 Å². The maximum absolute atomic E-state index is 13.0. The molecule has 0 heterocycles. The second kappa shape index (κ2) is 15.0. The Morgan fingerprint density at radius 1 is 0.882 bits per heavy atom. The van der Waals surface area contributed by atoms with Crippen molar-refractivity contribution in [2.24, 2.45) is 46.3 Å². The molecule has 51 heavy (non-hydrogen) atoms. The highest BCUT2D eigenvalue weighted by atomic mass is 28.4. The summed E-state index contributed by atoms with van der Waals surface area (Å²) in [5.41, 5.74) is 0.665. The molecule has 4 aliphatic rings. The highest BCUT2D eigenvalue weighted by Gasteiger charge is 2.67. The zero-order chi connectivity index (χ0) is 37.7. The van der Waals surface area contributed by atoms with Gasteiger partial charge < -0.3 is 18.0 Å². The van der Waals surface area contributed by atoms with E-state index in [9.17, 15) is 14.9 Å². The minimum atomic E-state index is -1.89. The third-order valence-electron chi connectivity index (χ3n) is 13.3. The minimum absolute atomic E-state index is 0.00217. The van der Waals surface area contributed by atoms with E-state index in [1.54, 1.807) is 18.2 Å². The molecule has 4 aliphatic carbocycles. The van der Waals surface area contributed by atoms with Gasteiger partial charge in [0.05, 0.1) is 16.6 Å². The van der Waals surface area contributed by atoms with Crippen LogP contribution in [0.2, 0.25) is 58.9 Å². The van der Waals surface area contributed by atoms with Crippen molar-refractivity contribution in [2.45, 2.75) is 162 Å². The standard InChI is InChI=1S/C40H69NO7Si3/c1-27(17-20-37(42)45-26-28-15-13-14-16-34(28)41(43)44)31-18-19-32-38-33(25-36(40(31,32)3)48-51(10,11)12)39(2)22-21-30(46-49(4,5)6)23-29(39)24-35(38)47-50(7,8)9/h13-16,27,29-33,35-36,38H,17-26H2,1-12H3/t27-,29+,30-,31-,32+,33+,35-,36+,38+,39+,40-/m1/s1. The molecule has 4 saturated carbocycles. The number of para-hydroxylation sites is 1. The number of hydrogen-bond acceptors (Lipinski definition) is 7. The molecule has 11 heteroatoms. The summed E-state index contributed by atoms with van der Waals surface area (Å²) in [7, 11) is -5.35. The highest BCUT2D eigenvalue weighted by molar-refractivity contribution is 6.70. The van der Waals surface area contributed by atoms with Crippen molar-refractivity contribution < 1.29 is 27.7 Å². The van der Waals surface area contributed by atoms with Gasteiger partial charge >= 0.3 is 5.97 Å². The summed E-state index contributed by atoms with van der Waals surface area (Å²) in [6.07, 6.45) is 10.0. The first kappa shape index (κ1) is 40.8. The second-order valence-corrected chi connectivity index (χ2v) is 33.6. The number of hydrogen-bond donors (Lipinski definition) is 0. The molecular weight excluding hydrogens is 691 g/mol. The molecular formula is C40H69NO7Si3. The predicted octanol–water partition coefficient (Wildman–Crippen LogP) is 10.6. The minimum Gasteiger partial charge on any atom is -0.461 e. The van der Waals surface area contributed by atoms with Crippen LogP contribution in [0.3, 0.4) is 0 Å². The van der Waals surface area contributed by atoms with E-state index in [2.05, 4.69) is 79.7 Å². The number of carbonyl (C=O) groups is 1. The van der Waals surface area contributed by atoms with Crippen molar-refractivity contribution in [1.29, 1.82) is 0 Å². The molecule has 1 aromatic carbocycles. The van der Waals surface area contributed by atoms with Crippen LogP contribution in [0.4, 0.5) is 5.69 Å². The summed E-state index contributed by atoms with van der Waals surface area (Å²) < 4.78 is 27.0. The van der Waals surface area contributed by atoms with Crippen molar-refractivity contribution >= 4 is 36.6 Å². The summed E-state index contributed by atoms with van der Waals surface area (Å²) in [6, 6.07) is 6.48. The molecule has 288 valence electrons. The molecule has 0 amide bonds. The highest BCUT2D eigenvalue weighted by Crippen LogP contribution is 2.69. The lowest BCUT2D eigenvalue weighted by atomic mass is 9.43. The van der Waals surface area contributed by atoms with Crippen molar-refractivity contribution in [2.75, 3.05) is 0 Å². The van der Waals surface area contributed by atoms with Crippen molar-refractivity contribution in [3.05, 3.63) is 39.9 Å². The third kappa shape index (κ3) is 9.12. The summed E-state index contributed by atoms with van der Waals surface area (Å²) >= 11 is 0. The van der Waals surface area contributed by atoms with Crippen LogP contribution in [-0.2, 0) is 29.4 Å². The van der Waals surface area contributed by atoms with E-state index in [4.69, 9.17) is 18.0 Å². The van der Waals surface area contributed by atoms with Gasteiger partial charge in [-0.05, 0) is 163 Å². The zero-order valence-corrected chi connectivity index (χ0v) is 36.9. The average molecular weight is 760 g/mol. The maximum atomic E-state index is 13.0. The van der Waals surface area contributed by atoms with Gasteiger partial charge in [-0.2, -0.15) is 0 Å². The van der Waals surface area contributed by atoms with Gasteiger partial charge in [-0.25, -0.2) is 0 Å². The van der Waals surface area contributed by atoms with Gasteiger partial charge in [0.15, 0.2) is 25.0 Å². The fraction of sp³-hybridized carbons (Fsp3) is 0.825. The Hall–Kier alpha value is -1.38. The van der Waals surface area contributed by atoms with Crippen molar-refractivity contribution in [3.63, 3.8) is 0 Å². The Balaban J connectivity index is 1.39. The summed E-state index contributed by atoms with van der Waals surface area (Å²) in [4.78, 5) is 24.1. The molecule has 0 N–H and O–H groups in total. The van der Waals surface area contributed by atoms with E-state index < -0.39 is 29.9 Å². The normalized spacial score (nSPS) is 36.1. The molecule has 0 spiro atoms. The van der Waals surface area contributed by atoms with Gasteiger partial charge in [0.1, 0.15) is 6.61 Å². The molecule has 1 aromatic rings. The van der Waals surface area contributed by atoms with Gasteiger partial charge in [0, 0.05) is 24.7 Å².